The van der Waals surface area contributed by atoms with Crippen LogP contribution in [0.3, 0.4) is 0 Å². The van der Waals surface area contributed by atoms with Crippen LogP contribution in [0.1, 0.15) is 19.8 Å². The molecule has 1 amide bonds. The molecule has 1 aromatic carbocycles. The van der Waals surface area contributed by atoms with E-state index in [2.05, 4.69) is 0 Å². The van der Waals surface area contributed by atoms with Crippen LogP contribution >= 0.6 is 0 Å². The summed E-state index contributed by atoms with van der Waals surface area (Å²) in [6.07, 6.45) is 1.13. The Morgan fingerprint density at radius 1 is 1.29 bits per heavy atom. The topological polar surface area (TPSA) is 106 Å². The molecular weight excluding hydrogens is 304 g/mol. The first kappa shape index (κ1) is 17.3. The van der Waals surface area contributed by atoms with Gasteiger partial charge in [-0.05, 0) is 12.5 Å². The first-order chi connectivity index (χ1) is 9.70. The van der Waals surface area contributed by atoms with Gasteiger partial charge >= 0.3 is 0 Å². The number of nitrogen functional groups attached to an aromatic ring is 1. The lowest BCUT2D eigenvalue weighted by molar-refractivity contribution is -0.118. The number of amides is 1. The molecule has 0 spiro atoms. The van der Waals surface area contributed by atoms with Crippen LogP contribution in [0.4, 0.5) is 14.5 Å². The Hall–Kier alpha value is -1.74. The number of nitrogens with zero attached hydrogens (tertiary/aromatic N) is 1. The van der Waals surface area contributed by atoms with E-state index >= 15 is 0 Å². The number of hydrogen-bond acceptors (Lipinski definition) is 4. The molecule has 1 rings (SSSR count). The maximum absolute atomic E-state index is 13.7. The lowest BCUT2D eigenvalue weighted by atomic mass is 10.3. The second-order valence-electron chi connectivity index (χ2n) is 4.46. The van der Waals surface area contributed by atoms with Gasteiger partial charge in [0.25, 0.3) is 0 Å². The van der Waals surface area contributed by atoms with E-state index < -0.39 is 44.7 Å². The summed E-state index contributed by atoms with van der Waals surface area (Å²) in [7, 11) is -4.33. The fourth-order valence-corrected chi connectivity index (χ4v) is 3.20. The van der Waals surface area contributed by atoms with Crippen LogP contribution < -0.4 is 11.5 Å². The number of unbranched alkanes of at least 4 members (excludes halogenated alkanes) is 1. The Kier molecular flexibility index (Phi) is 5.62. The number of hydrogen-bond donors (Lipinski definition) is 2. The zero-order chi connectivity index (χ0) is 16.2. The molecular formula is C12H17F2N3O3S. The minimum Gasteiger partial charge on any atom is -0.396 e. The highest BCUT2D eigenvalue weighted by molar-refractivity contribution is 7.89. The molecule has 4 N–H and O–H groups in total. The second kappa shape index (κ2) is 6.81. The van der Waals surface area contributed by atoms with Gasteiger partial charge in [0, 0.05) is 12.6 Å². The molecule has 0 heterocycles. The molecule has 0 aliphatic carbocycles. The lowest BCUT2D eigenvalue weighted by Crippen LogP contribution is -2.39. The van der Waals surface area contributed by atoms with E-state index in [-0.39, 0.29) is 6.54 Å². The average molecular weight is 321 g/mol. The number of nitrogens with two attached hydrogens (primary N) is 2. The average Bonchev–Trinajstić information content (AvgIpc) is 2.38. The van der Waals surface area contributed by atoms with Crippen molar-refractivity contribution in [1.29, 1.82) is 0 Å². The van der Waals surface area contributed by atoms with Crippen molar-refractivity contribution in [1.82, 2.24) is 4.31 Å². The molecule has 0 aliphatic heterocycles. The Morgan fingerprint density at radius 2 is 1.90 bits per heavy atom. The largest absolute Gasteiger partial charge is 0.396 e. The van der Waals surface area contributed by atoms with E-state index in [1.165, 1.54) is 0 Å². The summed E-state index contributed by atoms with van der Waals surface area (Å²) in [5.74, 6) is -3.20. The molecule has 0 radical (unpaired) electrons. The molecule has 0 aliphatic rings. The molecule has 9 heteroatoms. The third-order valence-corrected chi connectivity index (χ3v) is 4.62. The summed E-state index contributed by atoms with van der Waals surface area (Å²) in [6.45, 7) is 1.24. The van der Waals surface area contributed by atoms with Crippen LogP contribution in [0.15, 0.2) is 17.0 Å². The van der Waals surface area contributed by atoms with Crippen LogP contribution in [0.2, 0.25) is 0 Å². The summed E-state index contributed by atoms with van der Waals surface area (Å²) in [6, 6.07) is 1.09. The van der Waals surface area contributed by atoms with Gasteiger partial charge in [0.1, 0.15) is 16.5 Å². The standard InChI is InChI=1S/C12H17F2N3O3S/c1-2-3-4-17(7-12(16)18)21(19,20)11-6-10(15)8(13)5-9(11)14/h5-6H,2-4,7,15H2,1H3,(H2,16,18). The van der Waals surface area contributed by atoms with Crippen molar-refractivity contribution in [3.8, 4) is 0 Å². The maximum atomic E-state index is 13.7. The molecule has 21 heavy (non-hydrogen) atoms. The van der Waals surface area contributed by atoms with Gasteiger partial charge < -0.3 is 11.5 Å². The van der Waals surface area contributed by atoms with Crippen molar-refractivity contribution < 1.29 is 22.0 Å². The van der Waals surface area contributed by atoms with Gasteiger partial charge in [-0.2, -0.15) is 4.31 Å². The fraction of sp³-hybridized carbons (Fsp3) is 0.417. The van der Waals surface area contributed by atoms with E-state index in [1.54, 1.807) is 0 Å². The SMILES string of the molecule is CCCCN(CC(N)=O)S(=O)(=O)c1cc(N)c(F)cc1F. The monoisotopic (exact) mass is 321 g/mol. The Bertz CT molecular complexity index is 635. The van der Waals surface area contributed by atoms with Crippen molar-refractivity contribution in [3.63, 3.8) is 0 Å². The minimum absolute atomic E-state index is 0.00149. The first-order valence-electron chi connectivity index (χ1n) is 6.23. The van der Waals surface area contributed by atoms with Gasteiger partial charge in [-0.15, -0.1) is 0 Å². The summed E-state index contributed by atoms with van der Waals surface area (Å²) in [5, 5.41) is 0. The summed E-state index contributed by atoms with van der Waals surface area (Å²) < 4.78 is 52.3. The van der Waals surface area contributed by atoms with Gasteiger partial charge in [0.15, 0.2) is 0 Å². The third kappa shape index (κ3) is 4.11. The molecule has 0 aromatic heterocycles. The van der Waals surface area contributed by atoms with Gasteiger partial charge in [0.05, 0.1) is 12.2 Å². The predicted molar refractivity (Wildman–Crippen MR) is 73.6 cm³/mol. The van der Waals surface area contributed by atoms with Crippen molar-refractivity contribution in [2.75, 3.05) is 18.8 Å². The highest BCUT2D eigenvalue weighted by atomic mass is 32.2. The molecule has 6 nitrogen and oxygen atoms in total. The number of benzene rings is 1. The molecule has 0 unspecified atom stereocenters. The number of primary amides is 1. The van der Waals surface area contributed by atoms with E-state index in [4.69, 9.17) is 11.5 Å². The smallest absolute Gasteiger partial charge is 0.246 e. The van der Waals surface area contributed by atoms with Crippen molar-refractivity contribution in [2.24, 2.45) is 5.73 Å². The number of carbonyl (C=O) groups is 1. The van der Waals surface area contributed by atoms with Crippen LogP contribution in [-0.4, -0.2) is 31.7 Å². The normalized spacial score (nSPS) is 11.8. The van der Waals surface area contributed by atoms with Crippen LogP contribution in [0, 0.1) is 11.6 Å². The quantitative estimate of drug-likeness (QED) is 0.725. The summed E-state index contributed by atoms with van der Waals surface area (Å²) in [4.78, 5) is 10.2. The van der Waals surface area contributed by atoms with E-state index in [9.17, 15) is 22.0 Å². The minimum atomic E-state index is -4.33. The molecule has 0 fully saturated rings. The van der Waals surface area contributed by atoms with Gasteiger partial charge in [-0.1, -0.05) is 13.3 Å². The van der Waals surface area contributed by atoms with Gasteiger partial charge in [-0.3, -0.25) is 4.79 Å². The van der Waals surface area contributed by atoms with Crippen molar-refractivity contribution in [2.45, 2.75) is 24.7 Å². The predicted octanol–water partition coefficient (Wildman–Crippen LogP) is 0.823. The number of rotatable bonds is 7. The number of carbonyl (C=O) groups excluding carboxylic acids is 1. The molecule has 0 saturated heterocycles. The van der Waals surface area contributed by atoms with Crippen LogP contribution in [-0.2, 0) is 14.8 Å². The maximum Gasteiger partial charge on any atom is 0.246 e. The number of halogens is 2. The Morgan fingerprint density at radius 3 is 2.43 bits per heavy atom. The van der Waals surface area contributed by atoms with Crippen molar-refractivity contribution >= 4 is 21.6 Å². The zero-order valence-electron chi connectivity index (χ0n) is 11.5. The van der Waals surface area contributed by atoms with E-state index in [0.29, 0.717) is 25.0 Å². The van der Waals surface area contributed by atoms with Crippen molar-refractivity contribution in [3.05, 3.63) is 23.8 Å². The molecule has 118 valence electrons. The summed E-state index contributed by atoms with van der Waals surface area (Å²) in [5.41, 5.74) is 9.78. The van der Waals surface area contributed by atoms with E-state index in [0.717, 1.165) is 4.31 Å². The molecule has 1 aromatic rings. The zero-order valence-corrected chi connectivity index (χ0v) is 12.3. The molecule has 0 bridgehead atoms. The molecule has 0 saturated carbocycles. The number of sulfonamides is 1. The molecule has 0 atom stereocenters. The van der Waals surface area contributed by atoms with Crippen LogP contribution in [0.5, 0.6) is 0 Å². The lowest BCUT2D eigenvalue weighted by Gasteiger charge is -2.21. The highest BCUT2D eigenvalue weighted by Crippen LogP contribution is 2.24. The van der Waals surface area contributed by atoms with Gasteiger partial charge in [-0.25, -0.2) is 17.2 Å². The third-order valence-electron chi connectivity index (χ3n) is 2.76. The second-order valence-corrected chi connectivity index (χ2v) is 6.37. The fourth-order valence-electron chi connectivity index (χ4n) is 1.67. The Balaban J connectivity index is 3.27. The van der Waals surface area contributed by atoms with Crippen LogP contribution in [0.25, 0.3) is 0 Å². The highest BCUT2D eigenvalue weighted by Gasteiger charge is 2.29. The van der Waals surface area contributed by atoms with E-state index in [1.807, 2.05) is 6.92 Å². The first-order valence-corrected chi connectivity index (χ1v) is 7.67. The number of anilines is 1. The van der Waals surface area contributed by atoms with Gasteiger partial charge in [0.2, 0.25) is 15.9 Å². The summed E-state index contributed by atoms with van der Waals surface area (Å²) >= 11 is 0. The Labute approximate surface area is 121 Å².